The third-order valence-corrected chi connectivity index (χ3v) is 5.49. The zero-order chi connectivity index (χ0) is 23.6. The summed E-state index contributed by atoms with van der Waals surface area (Å²) >= 11 is 6.04. The van der Waals surface area contributed by atoms with Gasteiger partial charge in [0, 0.05) is 35.1 Å². The molecule has 1 unspecified atom stereocenters. The molecule has 3 aromatic rings. The number of halogens is 4. The van der Waals surface area contributed by atoms with E-state index >= 15 is 0 Å². The minimum Gasteiger partial charge on any atom is -0.506 e. The molecule has 0 radical (unpaired) electrons. The molecule has 32 heavy (non-hydrogen) atoms. The van der Waals surface area contributed by atoms with Crippen molar-refractivity contribution < 1.29 is 27.3 Å². The number of phenols is 1. The lowest BCUT2D eigenvalue weighted by atomic mass is 10.0. The Bertz CT molecular complexity index is 1180. The van der Waals surface area contributed by atoms with E-state index in [0.29, 0.717) is 22.4 Å². The summed E-state index contributed by atoms with van der Waals surface area (Å²) in [6, 6.07) is 13.8. The van der Waals surface area contributed by atoms with Crippen LogP contribution >= 0.6 is 11.6 Å². The van der Waals surface area contributed by atoms with Gasteiger partial charge in [0.05, 0.1) is 11.3 Å². The van der Waals surface area contributed by atoms with Crippen molar-refractivity contribution in [2.75, 3.05) is 22.9 Å². The molecule has 0 spiro atoms. The number of aromatic hydroxyl groups is 1. The van der Waals surface area contributed by atoms with Crippen LogP contribution in [0.15, 0.2) is 60.7 Å². The first-order valence-electron chi connectivity index (χ1n) is 9.15. The van der Waals surface area contributed by atoms with Gasteiger partial charge in [-0.2, -0.15) is 13.2 Å². The van der Waals surface area contributed by atoms with Gasteiger partial charge in [0.15, 0.2) is 0 Å². The number of anilines is 2. The second-order valence-electron chi connectivity index (χ2n) is 6.89. The highest BCUT2D eigenvalue weighted by Gasteiger charge is 2.31. The normalized spacial score (nSPS) is 12.3. The minimum atomic E-state index is -4.49. The molecule has 10 heteroatoms. The number of hydrogen-bond donors (Lipinski definition) is 2. The average molecular weight is 483 g/mol. The number of alkyl halides is 3. The fraction of sp³-hybridized carbons (Fsp3) is 0.136. The van der Waals surface area contributed by atoms with Gasteiger partial charge in [0.2, 0.25) is 0 Å². The Morgan fingerprint density at radius 2 is 1.72 bits per heavy atom. The summed E-state index contributed by atoms with van der Waals surface area (Å²) in [7, 11) is 0.133. The Balaban J connectivity index is 1.83. The summed E-state index contributed by atoms with van der Waals surface area (Å²) in [6.45, 7) is 0. The first-order valence-corrected chi connectivity index (χ1v) is 11.1. The maximum atomic E-state index is 12.9. The largest absolute Gasteiger partial charge is 0.506 e. The number of carbonyl (C=O) groups excluding carboxylic acids is 1. The highest BCUT2D eigenvalue weighted by molar-refractivity contribution is 7.85. The van der Waals surface area contributed by atoms with Crippen LogP contribution < -0.4 is 9.62 Å². The maximum absolute atomic E-state index is 12.9. The van der Waals surface area contributed by atoms with E-state index in [1.807, 2.05) is 0 Å². The smallest absolute Gasteiger partial charge is 0.416 e. The number of phenolic OH excluding ortho intramolecular Hbond substituents is 1. The second-order valence-corrected chi connectivity index (χ2v) is 8.41. The number of benzene rings is 3. The molecule has 0 fully saturated rings. The molecule has 0 aliphatic carbocycles. The van der Waals surface area contributed by atoms with Crippen LogP contribution in [0.5, 0.6) is 5.75 Å². The number of nitrogens with zero attached hydrogens (tertiary/aromatic N) is 1. The molecule has 168 valence electrons. The molecule has 3 rings (SSSR count). The summed E-state index contributed by atoms with van der Waals surface area (Å²) in [4.78, 5) is 14.2. The fourth-order valence-electron chi connectivity index (χ4n) is 3.00. The van der Waals surface area contributed by atoms with Gasteiger partial charge in [-0.3, -0.25) is 4.79 Å². The summed E-state index contributed by atoms with van der Waals surface area (Å²) in [6.07, 6.45) is -3.08. The molecule has 0 aliphatic rings. The van der Waals surface area contributed by atoms with Gasteiger partial charge in [-0.15, -0.1) is 0 Å². The standard InChI is InChI=1S/C22H18ClF3N2O3S/c1-28(16-8-10-20(29)19(12-16)27-32(2)31)21(30)14-5-3-13(4-6-14)17-9-7-15(11-18(17)23)22(24,25)26/h3-12,27,29H,1-2H3. The van der Waals surface area contributed by atoms with E-state index in [1.54, 1.807) is 31.3 Å². The molecule has 0 saturated carbocycles. The molecule has 0 aromatic heterocycles. The van der Waals surface area contributed by atoms with Crippen LogP contribution in [0.1, 0.15) is 15.9 Å². The van der Waals surface area contributed by atoms with Gasteiger partial charge < -0.3 is 14.7 Å². The Morgan fingerprint density at radius 1 is 1.06 bits per heavy atom. The molecule has 0 heterocycles. The predicted molar refractivity (Wildman–Crippen MR) is 120 cm³/mol. The lowest BCUT2D eigenvalue weighted by Gasteiger charge is -2.19. The number of nitrogens with one attached hydrogen (secondary N) is 1. The van der Waals surface area contributed by atoms with Gasteiger partial charge in [-0.25, -0.2) is 4.21 Å². The first-order chi connectivity index (χ1) is 15.0. The van der Waals surface area contributed by atoms with Crippen molar-refractivity contribution in [3.8, 4) is 16.9 Å². The summed E-state index contributed by atoms with van der Waals surface area (Å²) in [5, 5.41) is 9.82. The van der Waals surface area contributed by atoms with Crippen LogP contribution in [0.2, 0.25) is 5.02 Å². The van der Waals surface area contributed by atoms with Crippen molar-refractivity contribution >= 4 is 39.9 Å². The highest BCUT2D eigenvalue weighted by atomic mass is 35.5. The van der Waals surface area contributed by atoms with Gasteiger partial charge in [0.25, 0.3) is 5.91 Å². The van der Waals surface area contributed by atoms with Crippen molar-refractivity contribution in [2.24, 2.45) is 0 Å². The predicted octanol–water partition coefficient (Wildman–Crippen LogP) is 5.71. The SMILES string of the molecule is CN(C(=O)c1ccc(-c2ccc(C(F)(F)F)cc2Cl)cc1)c1ccc(O)c(NS(C)=O)c1. The Hall–Kier alpha value is -3.04. The number of rotatable bonds is 5. The van der Waals surface area contributed by atoms with Crippen LogP contribution in [0.25, 0.3) is 11.1 Å². The third-order valence-electron chi connectivity index (χ3n) is 4.67. The van der Waals surface area contributed by atoms with Crippen molar-refractivity contribution in [2.45, 2.75) is 6.18 Å². The van der Waals surface area contributed by atoms with Gasteiger partial charge in [-0.05, 0) is 48.0 Å². The van der Waals surface area contributed by atoms with Crippen LogP contribution in [0.4, 0.5) is 24.5 Å². The summed E-state index contributed by atoms with van der Waals surface area (Å²) in [5.74, 6) is -0.466. The Kier molecular flexibility index (Phi) is 6.80. The summed E-state index contributed by atoms with van der Waals surface area (Å²) in [5.41, 5.74) is 1.14. The molecule has 2 N–H and O–H groups in total. The van der Waals surface area contributed by atoms with E-state index in [2.05, 4.69) is 4.72 Å². The summed E-state index contributed by atoms with van der Waals surface area (Å²) < 4.78 is 52.5. The zero-order valence-electron chi connectivity index (χ0n) is 16.9. The zero-order valence-corrected chi connectivity index (χ0v) is 18.5. The van der Waals surface area contributed by atoms with Crippen LogP contribution in [0.3, 0.4) is 0 Å². The highest BCUT2D eigenvalue weighted by Crippen LogP contribution is 2.36. The first kappa shape index (κ1) is 23.6. The topological polar surface area (TPSA) is 69.6 Å². The van der Waals surface area contributed by atoms with Crippen molar-refractivity contribution in [1.82, 2.24) is 0 Å². The lowest BCUT2D eigenvalue weighted by Crippen LogP contribution is -2.26. The van der Waals surface area contributed by atoms with Crippen molar-refractivity contribution in [1.29, 1.82) is 0 Å². The fourth-order valence-corrected chi connectivity index (χ4v) is 3.76. The minimum absolute atomic E-state index is 0.0477. The van der Waals surface area contributed by atoms with E-state index < -0.39 is 22.7 Å². The number of hydrogen-bond acceptors (Lipinski definition) is 3. The number of carbonyl (C=O) groups is 1. The maximum Gasteiger partial charge on any atom is 0.416 e. The number of amides is 1. The Morgan fingerprint density at radius 3 is 2.28 bits per heavy atom. The molecule has 0 aliphatic heterocycles. The van der Waals surface area contributed by atoms with E-state index in [0.717, 1.165) is 12.1 Å². The quantitative estimate of drug-likeness (QED) is 0.457. The van der Waals surface area contributed by atoms with Gasteiger partial charge in [0.1, 0.15) is 16.7 Å². The molecule has 0 saturated heterocycles. The van der Waals surface area contributed by atoms with E-state index in [9.17, 15) is 27.3 Å². The molecule has 5 nitrogen and oxygen atoms in total. The van der Waals surface area contributed by atoms with Crippen molar-refractivity contribution in [3.63, 3.8) is 0 Å². The van der Waals surface area contributed by atoms with Crippen molar-refractivity contribution in [3.05, 3.63) is 76.8 Å². The third kappa shape index (κ3) is 5.23. The van der Waals surface area contributed by atoms with Gasteiger partial charge in [-0.1, -0.05) is 29.8 Å². The molecule has 3 aromatic carbocycles. The molecule has 0 bridgehead atoms. The monoisotopic (exact) mass is 482 g/mol. The van der Waals surface area contributed by atoms with Gasteiger partial charge >= 0.3 is 6.18 Å². The van der Waals surface area contributed by atoms with E-state index in [1.165, 1.54) is 35.4 Å². The molecular formula is C22H18ClF3N2O3S. The molecule has 1 atom stereocenters. The van der Waals surface area contributed by atoms with Crippen LogP contribution in [0, 0.1) is 0 Å². The van der Waals surface area contributed by atoms with Crippen LogP contribution in [-0.2, 0) is 17.2 Å². The van der Waals surface area contributed by atoms with E-state index in [-0.39, 0.29) is 22.4 Å². The van der Waals surface area contributed by atoms with Crippen LogP contribution in [-0.4, -0.2) is 28.5 Å². The second kappa shape index (κ2) is 9.22. The molecule has 1 amide bonds. The average Bonchev–Trinajstić information content (AvgIpc) is 2.73. The Labute approximate surface area is 190 Å². The lowest BCUT2D eigenvalue weighted by molar-refractivity contribution is -0.137. The van der Waals surface area contributed by atoms with E-state index in [4.69, 9.17) is 11.6 Å². The molecular weight excluding hydrogens is 465 g/mol.